The second-order valence-corrected chi connectivity index (χ2v) is 4.70. The number of alkyl halides is 1. The molecule has 0 aliphatic heterocycles. The largest absolute Gasteiger partial charge is 0.337 e. The molecule has 16 heavy (non-hydrogen) atoms. The third-order valence-electron chi connectivity index (χ3n) is 2.73. The Kier molecular flexibility index (Phi) is 6.50. The summed E-state index contributed by atoms with van der Waals surface area (Å²) in [5.41, 5.74) is 0. The molecule has 0 radical (unpaired) electrons. The molecule has 1 heterocycles. The van der Waals surface area contributed by atoms with Gasteiger partial charge in [-0.05, 0) is 33.2 Å². The molecule has 0 fully saturated rings. The number of hydrogen-bond donors (Lipinski definition) is 0. The van der Waals surface area contributed by atoms with E-state index in [0.29, 0.717) is 6.04 Å². The van der Waals surface area contributed by atoms with Crippen LogP contribution in [-0.4, -0.2) is 39.5 Å². The minimum absolute atomic E-state index is 0.603. The first-order valence-electron chi connectivity index (χ1n) is 5.99. The lowest BCUT2D eigenvalue weighted by molar-refractivity contribution is 0.216. The summed E-state index contributed by atoms with van der Waals surface area (Å²) < 4.78 is 2.13. The lowest BCUT2D eigenvalue weighted by Crippen LogP contribution is -2.33. The molecule has 0 unspecified atom stereocenters. The molecule has 0 amide bonds. The highest BCUT2D eigenvalue weighted by Gasteiger charge is 2.07. The van der Waals surface area contributed by atoms with Crippen molar-refractivity contribution in [3.63, 3.8) is 0 Å². The normalized spacial score (nSPS) is 11.6. The zero-order chi connectivity index (χ0) is 11.8. The highest BCUT2D eigenvalue weighted by molar-refractivity contribution is 6.17. The van der Waals surface area contributed by atoms with E-state index in [2.05, 4.69) is 28.3 Å². The Balaban J connectivity index is 2.21. The zero-order valence-corrected chi connectivity index (χ0v) is 11.0. The number of nitrogens with zero attached hydrogens (tertiary/aromatic N) is 3. The number of halogens is 1. The maximum atomic E-state index is 5.73. The molecule has 0 saturated heterocycles. The highest BCUT2D eigenvalue weighted by Crippen LogP contribution is 2.03. The smallest absolute Gasteiger partial charge is 0.0945 e. The van der Waals surface area contributed by atoms with Gasteiger partial charge in [0, 0.05) is 37.4 Å². The first-order valence-corrected chi connectivity index (χ1v) is 6.53. The molecule has 0 aromatic carbocycles. The van der Waals surface area contributed by atoms with Crippen LogP contribution in [-0.2, 0) is 6.54 Å². The Bertz CT molecular complexity index is 259. The van der Waals surface area contributed by atoms with Crippen LogP contribution in [0, 0.1) is 0 Å². The molecule has 0 atom stereocenters. The fourth-order valence-electron chi connectivity index (χ4n) is 1.77. The summed E-state index contributed by atoms with van der Waals surface area (Å²) in [7, 11) is 0. The SMILES string of the molecule is CC(C)N(CCCCl)CCCn1ccnc1. The lowest BCUT2D eigenvalue weighted by atomic mass is 10.2. The van der Waals surface area contributed by atoms with Gasteiger partial charge in [0.15, 0.2) is 0 Å². The lowest BCUT2D eigenvalue weighted by Gasteiger charge is -2.26. The average Bonchev–Trinajstić information content (AvgIpc) is 2.75. The predicted octanol–water partition coefficient (Wildman–Crippen LogP) is 2.61. The van der Waals surface area contributed by atoms with Crippen LogP contribution in [0.2, 0.25) is 0 Å². The van der Waals surface area contributed by atoms with Gasteiger partial charge in [-0.25, -0.2) is 4.98 Å². The number of hydrogen-bond acceptors (Lipinski definition) is 2. The van der Waals surface area contributed by atoms with E-state index in [4.69, 9.17) is 11.6 Å². The van der Waals surface area contributed by atoms with Crippen molar-refractivity contribution in [2.75, 3.05) is 19.0 Å². The monoisotopic (exact) mass is 243 g/mol. The van der Waals surface area contributed by atoms with Crippen LogP contribution in [0.3, 0.4) is 0 Å². The fraction of sp³-hybridized carbons (Fsp3) is 0.750. The first-order chi connectivity index (χ1) is 7.74. The van der Waals surface area contributed by atoms with Crippen molar-refractivity contribution in [3.8, 4) is 0 Å². The summed E-state index contributed by atoms with van der Waals surface area (Å²) >= 11 is 5.73. The number of rotatable bonds is 8. The van der Waals surface area contributed by atoms with E-state index in [-0.39, 0.29) is 0 Å². The van der Waals surface area contributed by atoms with Crippen molar-refractivity contribution < 1.29 is 0 Å². The Morgan fingerprint density at radius 3 is 2.62 bits per heavy atom. The van der Waals surface area contributed by atoms with Gasteiger partial charge in [0.05, 0.1) is 6.33 Å². The Hall–Kier alpha value is -0.540. The maximum absolute atomic E-state index is 5.73. The minimum Gasteiger partial charge on any atom is -0.337 e. The summed E-state index contributed by atoms with van der Waals surface area (Å²) in [5.74, 6) is 0.755. The van der Waals surface area contributed by atoms with Crippen LogP contribution < -0.4 is 0 Å². The van der Waals surface area contributed by atoms with E-state index < -0.39 is 0 Å². The van der Waals surface area contributed by atoms with Gasteiger partial charge in [-0.1, -0.05) is 0 Å². The third kappa shape index (κ3) is 4.99. The number of aryl methyl sites for hydroxylation is 1. The molecule has 1 rings (SSSR count). The van der Waals surface area contributed by atoms with Gasteiger partial charge < -0.3 is 9.47 Å². The van der Waals surface area contributed by atoms with Gasteiger partial charge in [0.1, 0.15) is 0 Å². The molecule has 0 saturated carbocycles. The summed E-state index contributed by atoms with van der Waals surface area (Å²) in [6.07, 6.45) is 7.95. The maximum Gasteiger partial charge on any atom is 0.0945 e. The Labute approximate surface area is 103 Å². The van der Waals surface area contributed by atoms with Crippen LogP contribution in [0.1, 0.15) is 26.7 Å². The average molecular weight is 244 g/mol. The molecule has 92 valence electrons. The van der Waals surface area contributed by atoms with Crippen LogP contribution in [0.15, 0.2) is 18.7 Å². The molecule has 0 aliphatic carbocycles. The minimum atomic E-state index is 0.603. The summed E-state index contributed by atoms with van der Waals surface area (Å²) in [6.45, 7) is 7.76. The van der Waals surface area contributed by atoms with Crippen molar-refractivity contribution >= 4 is 11.6 Å². The summed E-state index contributed by atoms with van der Waals surface area (Å²) in [5, 5.41) is 0. The summed E-state index contributed by atoms with van der Waals surface area (Å²) in [6, 6.07) is 0.603. The van der Waals surface area contributed by atoms with Crippen LogP contribution >= 0.6 is 11.6 Å². The van der Waals surface area contributed by atoms with Crippen molar-refractivity contribution in [2.24, 2.45) is 0 Å². The van der Waals surface area contributed by atoms with E-state index in [0.717, 1.165) is 38.4 Å². The molecule has 4 heteroatoms. The molecule has 0 N–H and O–H groups in total. The van der Waals surface area contributed by atoms with Crippen molar-refractivity contribution in [2.45, 2.75) is 39.3 Å². The van der Waals surface area contributed by atoms with Crippen LogP contribution in [0.5, 0.6) is 0 Å². The van der Waals surface area contributed by atoms with E-state index >= 15 is 0 Å². The van der Waals surface area contributed by atoms with Gasteiger partial charge in [0.2, 0.25) is 0 Å². The number of imidazole rings is 1. The third-order valence-corrected chi connectivity index (χ3v) is 3.00. The molecular weight excluding hydrogens is 222 g/mol. The van der Waals surface area contributed by atoms with E-state index in [9.17, 15) is 0 Å². The molecule has 1 aromatic rings. The highest BCUT2D eigenvalue weighted by atomic mass is 35.5. The van der Waals surface area contributed by atoms with E-state index in [1.165, 1.54) is 0 Å². The number of aromatic nitrogens is 2. The second-order valence-electron chi connectivity index (χ2n) is 4.33. The molecule has 0 bridgehead atoms. The van der Waals surface area contributed by atoms with Gasteiger partial charge in [0.25, 0.3) is 0 Å². The van der Waals surface area contributed by atoms with Gasteiger partial charge in [-0.3, -0.25) is 0 Å². The Morgan fingerprint density at radius 1 is 1.31 bits per heavy atom. The molecule has 0 aliphatic rings. The van der Waals surface area contributed by atoms with Crippen LogP contribution in [0.4, 0.5) is 0 Å². The topological polar surface area (TPSA) is 21.1 Å². The van der Waals surface area contributed by atoms with E-state index in [1.54, 1.807) is 0 Å². The molecular formula is C12H22ClN3. The van der Waals surface area contributed by atoms with Crippen molar-refractivity contribution in [1.82, 2.24) is 14.5 Å². The molecule has 3 nitrogen and oxygen atoms in total. The van der Waals surface area contributed by atoms with Gasteiger partial charge in [-0.15, -0.1) is 11.6 Å². The van der Waals surface area contributed by atoms with Crippen molar-refractivity contribution in [1.29, 1.82) is 0 Å². The predicted molar refractivity (Wildman–Crippen MR) is 68.9 cm³/mol. The summed E-state index contributed by atoms with van der Waals surface area (Å²) in [4.78, 5) is 6.52. The molecule has 1 aromatic heterocycles. The molecule has 0 spiro atoms. The first kappa shape index (κ1) is 13.5. The van der Waals surface area contributed by atoms with E-state index in [1.807, 2.05) is 18.7 Å². The zero-order valence-electron chi connectivity index (χ0n) is 10.3. The van der Waals surface area contributed by atoms with Crippen LogP contribution in [0.25, 0.3) is 0 Å². The van der Waals surface area contributed by atoms with Gasteiger partial charge in [-0.2, -0.15) is 0 Å². The standard InChI is InChI=1S/C12H22ClN3/c1-12(2)16(8-3-5-13)9-4-7-15-10-6-14-11-15/h6,10-12H,3-5,7-9H2,1-2H3. The quantitative estimate of drug-likeness (QED) is 0.655. The fourth-order valence-corrected chi connectivity index (χ4v) is 1.89. The van der Waals surface area contributed by atoms with Crippen molar-refractivity contribution in [3.05, 3.63) is 18.7 Å². The Morgan fingerprint density at radius 2 is 2.06 bits per heavy atom. The van der Waals surface area contributed by atoms with Gasteiger partial charge >= 0.3 is 0 Å². The second kappa shape index (κ2) is 7.69.